The Hall–Kier alpha value is -1.70. The number of nitrogens with zero attached hydrogens (tertiary/aromatic N) is 2. The maximum atomic E-state index is 13.6. The van der Waals surface area contributed by atoms with Gasteiger partial charge in [0.2, 0.25) is 0 Å². The zero-order valence-electron chi connectivity index (χ0n) is 15.8. The van der Waals surface area contributed by atoms with E-state index in [0.29, 0.717) is 30.0 Å². The number of amides is 1. The highest BCUT2D eigenvalue weighted by atomic mass is 35.5. The molecule has 0 aromatic heterocycles. The van der Waals surface area contributed by atoms with Gasteiger partial charge in [0.15, 0.2) is 0 Å². The molecule has 2 fully saturated rings. The van der Waals surface area contributed by atoms with Crippen LogP contribution in [-0.2, 0) is 9.53 Å². The van der Waals surface area contributed by atoms with Crippen molar-refractivity contribution in [2.45, 2.75) is 25.0 Å². The zero-order chi connectivity index (χ0) is 20.1. The van der Waals surface area contributed by atoms with Crippen molar-refractivity contribution < 1.29 is 23.8 Å². The summed E-state index contributed by atoms with van der Waals surface area (Å²) in [7, 11) is 5.91. The van der Waals surface area contributed by atoms with Gasteiger partial charge in [0.1, 0.15) is 5.82 Å². The van der Waals surface area contributed by atoms with Crippen molar-refractivity contribution in [2.24, 2.45) is 11.8 Å². The van der Waals surface area contributed by atoms with Gasteiger partial charge >= 0.3 is 0 Å². The number of likely N-dealkylation sites (tertiary alicyclic amines) is 1. The van der Waals surface area contributed by atoms with Crippen LogP contribution >= 0.6 is 11.6 Å². The lowest BCUT2D eigenvalue weighted by Gasteiger charge is -2.40. The van der Waals surface area contributed by atoms with Gasteiger partial charge in [-0.1, -0.05) is 11.6 Å². The molecule has 1 aliphatic carbocycles. The highest BCUT2D eigenvalue weighted by Gasteiger charge is 2.44. The van der Waals surface area contributed by atoms with E-state index in [-0.39, 0.29) is 23.5 Å². The van der Waals surface area contributed by atoms with E-state index in [2.05, 4.69) is 19.0 Å². The fraction of sp³-hybridized carbons (Fsp3) is 0.579. The Balaban J connectivity index is 0.000000817. The van der Waals surface area contributed by atoms with Gasteiger partial charge in [-0.2, -0.15) is 0 Å². The molecule has 8 heteroatoms. The second-order valence-electron chi connectivity index (χ2n) is 7.24. The Morgan fingerprint density at radius 1 is 1.33 bits per heavy atom. The number of benzene rings is 1. The second-order valence-corrected chi connectivity index (χ2v) is 7.65. The van der Waals surface area contributed by atoms with E-state index in [0.717, 1.165) is 19.4 Å². The molecule has 1 aromatic rings. The first-order valence-corrected chi connectivity index (χ1v) is 9.21. The van der Waals surface area contributed by atoms with Crippen LogP contribution < -0.4 is 0 Å². The number of likely N-dealkylation sites (N-methyl/N-ethyl adjacent to an activating group) is 1. The lowest BCUT2D eigenvalue weighted by atomic mass is 9.77. The first-order chi connectivity index (χ1) is 12.8. The molecule has 4 atom stereocenters. The fourth-order valence-electron chi connectivity index (χ4n) is 4.16. The Morgan fingerprint density at radius 3 is 2.44 bits per heavy atom. The number of hydrogen-bond donors (Lipinski definition) is 1. The van der Waals surface area contributed by atoms with Crippen LogP contribution in [-0.4, -0.2) is 73.7 Å². The van der Waals surface area contributed by atoms with Crippen molar-refractivity contribution in [3.05, 3.63) is 34.6 Å². The smallest absolute Gasteiger partial charge is 0.290 e. The van der Waals surface area contributed by atoms with Gasteiger partial charge in [-0.05, 0) is 57.0 Å². The van der Waals surface area contributed by atoms with Gasteiger partial charge in [0.05, 0.1) is 11.1 Å². The molecule has 0 bridgehead atoms. The Labute approximate surface area is 163 Å². The van der Waals surface area contributed by atoms with Crippen LogP contribution in [0, 0.1) is 17.7 Å². The topological polar surface area (TPSA) is 70.1 Å². The summed E-state index contributed by atoms with van der Waals surface area (Å²) >= 11 is 5.70. The fourth-order valence-corrected chi connectivity index (χ4v) is 4.28. The first-order valence-electron chi connectivity index (χ1n) is 8.83. The molecular weight excluding hydrogens is 375 g/mol. The number of methoxy groups -OCH3 is 1. The van der Waals surface area contributed by atoms with Gasteiger partial charge in [-0.3, -0.25) is 9.59 Å². The lowest BCUT2D eigenvalue weighted by molar-refractivity contribution is -0.122. The third kappa shape index (κ3) is 4.97. The summed E-state index contributed by atoms with van der Waals surface area (Å²) in [6.45, 7) is 1.20. The van der Waals surface area contributed by atoms with E-state index in [9.17, 15) is 9.18 Å². The molecule has 150 valence electrons. The monoisotopic (exact) mass is 400 g/mol. The molecule has 1 saturated carbocycles. The van der Waals surface area contributed by atoms with Crippen LogP contribution in [0.2, 0.25) is 5.02 Å². The third-order valence-corrected chi connectivity index (χ3v) is 5.81. The van der Waals surface area contributed by atoms with E-state index in [1.807, 2.05) is 4.90 Å². The molecule has 27 heavy (non-hydrogen) atoms. The van der Waals surface area contributed by atoms with Crippen LogP contribution in [0.25, 0.3) is 0 Å². The number of carbonyl (C=O) groups is 2. The predicted molar refractivity (Wildman–Crippen MR) is 100 cm³/mol. The average Bonchev–Trinajstić information content (AvgIpc) is 3.05. The van der Waals surface area contributed by atoms with Crippen molar-refractivity contribution in [3.63, 3.8) is 0 Å². The van der Waals surface area contributed by atoms with Crippen LogP contribution in [0.1, 0.15) is 23.2 Å². The number of ether oxygens (including phenoxy) is 1. The van der Waals surface area contributed by atoms with E-state index in [1.165, 1.54) is 12.1 Å². The highest BCUT2D eigenvalue weighted by molar-refractivity contribution is 6.30. The zero-order valence-corrected chi connectivity index (χ0v) is 16.5. The van der Waals surface area contributed by atoms with Crippen molar-refractivity contribution in [1.82, 2.24) is 9.80 Å². The number of rotatable bonds is 3. The Bertz CT molecular complexity index is 673. The molecular formula is C19H26ClFN2O4. The molecule has 3 rings (SSSR count). The average molecular weight is 401 g/mol. The third-order valence-electron chi connectivity index (χ3n) is 5.50. The molecule has 0 radical (unpaired) electrons. The van der Waals surface area contributed by atoms with Gasteiger partial charge in [-0.25, -0.2) is 4.39 Å². The van der Waals surface area contributed by atoms with Gasteiger partial charge in [0.25, 0.3) is 12.4 Å². The number of fused-ring (bicyclic) bond motifs is 1. The van der Waals surface area contributed by atoms with E-state index in [1.54, 1.807) is 13.2 Å². The van der Waals surface area contributed by atoms with E-state index < -0.39 is 5.82 Å². The molecule has 2 aliphatic rings. The Kier molecular flexibility index (Phi) is 7.59. The molecule has 1 saturated heterocycles. The standard InChI is InChI=1S/C18H24ClFN2O2.CH2O2/c1-21(2)16-7-12-9-22(10-13(12)8-17(16)24-3)18(23)11-4-5-14(19)15(20)6-11;2-1-3/h4-6,12-13,16-17H,7-10H2,1-3H3;1H,(H,2,3)/t12-,13+,16-,17-;/m1./s1. The summed E-state index contributed by atoms with van der Waals surface area (Å²) in [5.74, 6) is 0.263. The summed E-state index contributed by atoms with van der Waals surface area (Å²) in [6.07, 6.45) is 2.18. The first kappa shape index (κ1) is 21.6. The van der Waals surface area contributed by atoms with Crippen LogP contribution in [0.3, 0.4) is 0 Å². The highest BCUT2D eigenvalue weighted by Crippen LogP contribution is 2.39. The minimum Gasteiger partial charge on any atom is -0.483 e. The van der Waals surface area contributed by atoms with Crippen molar-refractivity contribution >= 4 is 24.0 Å². The summed E-state index contributed by atoms with van der Waals surface area (Å²) in [4.78, 5) is 25.1. The quantitative estimate of drug-likeness (QED) is 0.790. The molecule has 0 spiro atoms. The molecule has 1 N–H and O–H groups in total. The van der Waals surface area contributed by atoms with Crippen LogP contribution in [0.4, 0.5) is 4.39 Å². The number of hydrogen-bond acceptors (Lipinski definition) is 4. The molecule has 1 heterocycles. The van der Waals surface area contributed by atoms with Gasteiger partial charge in [0, 0.05) is 31.8 Å². The second kappa shape index (κ2) is 9.48. The Morgan fingerprint density at radius 2 is 1.93 bits per heavy atom. The lowest BCUT2D eigenvalue weighted by Crippen LogP contribution is -2.47. The molecule has 1 aromatic carbocycles. The van der Waals surface area contributed by atoms with Crippen LogP contribution in [0.15, 0.2) is 18.2 Å². The normalized spacial score (nSPS) is 27.0. The molecule has 1 aliphatic heterocycles. The van der Waals surface area contributed by atoms with Gasteiger partial charge in [-0.15, -0.1) is 0 Å². The molecule has 6 nitrogen and oxygen atoms in total. The minimum atomic E-state index is -0.550. The van der Waals surface area contributed by atoms with E-state index in [4.69, 9.17) is 26.2 Å². The largest absolute Gasteiger partial charge is 0.483 e. The van der Waals surface area contributed by atoms with Crippen molar-refractivity contribution in [3.8, 4) is 0 Å². The maximum absolute atomic E-state index is 13.6. The minimum absolute atomic E-state index is 0.0402. The van der Waals surface area contributed by atoms with E-state index >= 15 is 0 Å². The van der Waals surface area contributed by atoms with Crippen molar-refractivity contribution in [2.75, 3.05) is 34.3 Å². The number of carbonyl (C=O) groups excluding carboxylic acids is 1. The SMILES string of the molecule is CO[C@@H]1C[C@H]2CN(C(=O)c3ccc(Cl)c(F)c3)C[C@H]2C[C@H]1N(C)C.O=CO. The molecule has 1 amide bonds. The van der Waals surface area contributed by atoms with Crippen molar-refractivity contribution in [1.29, 1.82) is 0 Å². The molecule has 0 unspecified atom stereocenters. The summed E-state index contributed by atoms with van der Waals surface area (Å²) < 4.78 is 19.3. The number of carboxylic acid groups (broad SMARTS) is 1. The summed E-state index contributed by atoms with van der Waals surface area (Å²) in [5.41, 5.74) is 0.364. The van der Waals surface area contributed by atoms with Gasteiger partial charge < -0.3 is 19.6 Å². The maximum Gasteiger partial charge on any atom is 0.290 e. The van der Waals surface area contributed by atoms with Crippen LogP contribution in [0.5, 0.6) is 0 Å². The summed E-state index contributed by atoms with van der Waals surface area (Å²) in [6, 6.07) is 4.64. The predicted octanol–water partition coefficient (Wildman–Crippen LogP) is 2.61. The summed E-state index contributed by atoms with van der Waals surface area (Å²) in [5, 5.41) is 6.93. The number of halogens is 2.